The molecular weight excluding hydrogens is 244 g/mol. The van der Waals surface area contributed by atoms with Crippen molar-refractivity contribution in [1.29, 1.82) is 0 Å². The number of benzene rings is 2. The van der Waals surface area contributed by atoms with E-state index in [0.29, 0.717) is 0 Å². The van der Waals surface area contributed by atoms with Gasteiger partial charge in [-0.2, -0.15) is 0 Å². The summed E-state index contributed by atoms with van der Waals surface area (Å²) in [5, 5.41) is 17.3. The standard InChI is InChI=1S/C9H12O2.C6H6O2/c1-7-4-5-8(10-2)9(6-7)11-3;7-5-3-1-2-4-6(5)8/h4-6H,1-3H3;1-4,7-8H. The molecule has 0 fully saturated rings. The van der Waals surface area contributed by atoms with Gasteiger partial charge >= 0.3 is 0 Å². The third-order valence-corrected chi connectivity index (χ3v) is 2.42. The predicted octanol–water partition coefficient (Wildman–Crippen LogP) is 3.11. The fraction of sp³-hybridized carbons (Fsp3) is 0.200. The lowest BCUT2D eigenvalue weighted by atomic mass is 10.2. The lowest BCUT2D eigenvalue weighted by Crippen LogP contribution is -1.90. The highest BCUT2D eigenvalue weighted by Crippen LogP contribution is 2.26. The second kappa shape index (κ2) is 7.16. The molecule has 0 aromatic heterocycles. The van der Waals surface area contributed by atoms with Crippen molar-refractivity contribution >= 4 is 0 Å². The van der Waals surface area contributed by atoms with Crippen LogP contribution in [0.5, 0.6) is 23.0 Å². The summed E-state index contributed by atoms with van der Waals surface area (Å²) in [6.45, 7) is 2.02. The average molecular weight is 262 g/mol. The molecule has 2 aromatic carbocycles. The van der Waals surface area contributed by atoms with Crippen LogP contribution in [0.3, 0.4) is 0 Å². The van der Waals surface area contributed by atoms with Gasteiger partial charge in [0.1, 0.15) is 0 Å². The molecule has 2 aromatic rings. The number of aryl methyl sites for hydroxylation is 1. The lowest BCUT2D eigenvalue weighted by Gasteiger charge is -2.06. The summed E-state index contributed by atoms with van der Waals surface area (Å²) in [5.74, 6) is 1.41. The molecule has 2 N–H and O–H groups in total. The van der Waals surface area contributed by atoms with Crippen LogP contribution < -0.4 is 9.47 Å². The van der Waals surface area contributed by atoms with Crippen molar-refractivity contribution in [3.05, 3.63) is 48.0 Å². The van der Waals surface area contributed by atoms with E-state index in [2.05, 4.69) is 0 Å². The van der Waals surface area contributed by atoms with Gasteiger partial charge in [-0.3, -0.25) is 0 Å². The normalized spacial score (nSPS) is 9.21. The van der Waals surface area contributed by atoms with Gasteiger partial charge in [-0.25, -0.2) is 0 Å². The molecule has 4 nitrogen and oxygen atoms in total. The highest BCUT2D eigenvalue weighted by atomic mass is 16.5. The smallest absolute Gasteiger partial charge is 0.160 e. The molecule has 0 spiro atoms. The number of hydrogen-bond donors (Lipinski definition) is 2. The minimum Gasteiger partial charge on any atom is -0.504 e. The maximum Gasteiger partial charge on any atom is 0.160 e. The Morgan fingerprint density at radius 2 is 1.32 bits per heavy atom. The molecule has 0 heterocycles. The van der Waals surface area contributed by atoms with Crippen LogP contribution in [0.2, 0.25) is 0 Å². The van der Waals surface area contributed by atoms with Gasteiger partial charge in [0.2, 0.25) is 0 Å². The predicted molar refractivity (Wildman–Crippen MR) is 74.1 cm³/mol. The average Bonchev–Trinajstić information content (AvgIpc) is 2.42. The topological polar surface area (TPSA) is 58.9 Å². The molecule has 0 aliphatic rings. The summed E-state index contributed by atoms with van der Waals surface area (Å²) in [6, 6.07) is 12.0. The minimum atomic E-state index is -0.0764. The van der Waals surface area contributed by atoms with E-state index in [-0.39, 0.29) is 11.5 Å². The van der Waals surface area contributed by atoms with Crippen molar-refractivity contribution in [2.75, 3.05) is 14.2 Å². The first-order chi connectivity index (χ1) is 9.08. The van der Waals surface area contributed by atoms with Crippen LogP contribution in [-0.2, 0) is 0 Å². The van der Waals surface area contributed by atoms with Crippen LogP contribution in [0.25, 0.3) is 0 Å². The third-order valence-electron chi connectivity index (χ3n) is 2.42. The second-order valence-corrected chi connectivity index (χ2v) is 3.85. The zero-order valence-corrected chi connectivity index (χ0v) is 11.3. The van der Waals surface area contributed by atoms with Crippen LogP contribution in [-0.4, -0.2) is 24.4 Å². The lowest BCUT2D eigenvalue weighted by molar-refractivity contribution is 0.354. The van der Waals surface area contributed by atoms with Crippen LogP contribution in [0, 0.1) is 6.92 Å². The van der Waals surface area contributed by atoms with Crippen molar-refractivity contribution in [2.24, 2.45) is 0 Å². The molecule has 0 saturated heterocycles. The second-order valence-electron chi connectivity index (χ2n) is 3.85. The highest BCUT2D eigenvalue weighted by Gasteiger charge is 2.00. The number of para-hydroxylation sites is 2. The monoisotopic (exact) mass is 262 g/mol. The Morgan fingerprint density at radius 3 is 1.74 bits per heavy atom. The van der Waals surface area contributed by atoms with Gasteiger partial charge in [0.25, 0.3) is 0 Å². The van der Waals surface area contributed by atoms with E-state index >= 15 is 0 Å². The van der Waals surface area contributed by atoms with Crippen LogP contribution in [0.1, 0.15) is 5.56 Å². The fourth-order valence-electron chi connectivity index (χ4n) is 1.41. The molecular formula is C15H18O4. The van der Waals surface area contributed by atoms with Crippen molar-refractivity contribution in [1.82, 2.24) is 0 Å². The van der Waals surface area contributed by atoms with Gasteiger partial charge in [0, 0.05) is 0 Å². The third kappa shape index (κ3) is 4.43. The Labute approximate surface area is 112 Å². The van der Waals surface area contributed by atoms with E-state index in [9.17, 15) is 0 Å². The molecule has 19 heavy (non-hydrogen) atoms. The van der Waals surface area contributed by atoms with Gasteiger partial charge < -0.3 is 19.7 Å². The Kier molecular flexibility index (Phi) is 5.54. The van der Waals surface area contributed by atoms with E-state index in [1.165, 1.54) is 17.7 Å². The van der Waals surface area contributed by atoms with Crippen LogP contribution in [0.4, 0.5) is 0 Å². The van der Waals surface area contributed by atoms with Gasteiger partial charge in [-0.1, -0.05) is 18.2 Å². The largest absolute Gasteiger partial charge is 0.504 e. The number of phenols is 2. The summed E-state index contributed by atoms with van der Waals surface area (Å²) in [5.41, 5.74) is 1.17. The van der Waals surface area contributed by atoms with Crippen molar-refractivity contribution < 1.29 is 19.7 Å². The molecule has 4 heteroatoms. The van der Waals surface area contributed by atoms with Crippen LogP contribution >= 0.6 is 0 Å². The summed E-state index contributed by atoms with van der Waals surface area (Å²) in [6.07, 6.45) is 0. The zero-order chi connectivity index (χ0) is 14.3. The summed E-state index contributed by atoms with van der Waals surface area (Å²) < 4.78 is 10.2. The van der Waals surface area contributed by atoms with Gasteiger partial charge in [0.05, 0.1) is 14.2 Å². The van der Waals surface area contributed by atoms with Crippen molar-refractivity contribution in [3.8, 4) is 23.0 Å². The molecule has 0 unspecified atom stereocenters. The molecule has 102 valence electrons. The number of rotatable bonds is 2. The first-order valence-corrected chi connectivity index (χ1v) is 5.74. The van der Waals surface area contributed by atoms with E-state index in [1.54, 1.807) is 26.4 Å². The van der Waals surface area contributed by atoms with E-state index in [1.807, 2.05) is 25.1 Å². The Morgan fingerprint density at radius 1 is 0.789 bits per heavy atom. The van der Waals surface area contributed by atoms with Crippen LogP contribution in [0.15, 0.2) is 42.5 Å². The SMILES string of the molecule is COc1ccc(C)cc1OC.Oc1ccccc1O. The van der Waals surface area contributed by atoms with Gasteiger partial charge in [-0.15, -0.1) is 0 Å². The number of methoxy groups -OCH3 is 2. The minimum absolute atomic E-state index is 0.0764. The maximum absolute atomic E-state index is 8.67. The van der Waals surface area contributed by atoms with E-state index in [4.69, 9.17) is 19.7 Å². The highest BCUT2D eigenvalue weighted by molar-refractivity contribution is 5.42. The molecule has 0 bridgehead atoms. The first-order valence-electron chi connectivity index (χ1n) is 5.74. The summed E-state index contributed by atoms with van der Waals surface area (Å²) in [7, 11) is 3.27. The summed E-state index contributed by atoms with van der Waals surface area (Å²) >= 11 is 0. The number of aromatic hydroxyl groups is 2. The van der Waals surface area contributed by atoms with E-state index in [0.717, 1.165) is 11.5 Å². The Balaban J connectivity index is 0.000000200. The maximum atomic E-state index is 8.67. The Bertz CT molecular complexity index is 502. The molecule has 0 aliphatic heterocycles. The molecule has 0 saturated carbocycles. The zero-order valence-electron chi connectivity index (χ0n) is 11.3. The molecule has 0 atom stereocenters. The fourth-order valence-corrected chi connectivity index (χ4v) is 1.41. The Hall–Kier alpha value is -2.36. The van der Waals surface area contributed by atoms with Crippen molar-refractivity contribution in [2.45, 2.75) is 6.92 Å². The number of hydrogen-bond acceptors (Lipinski definition) is 4. The molecule has 0 amide bonds. The number of phenolic OH excluding ortho intramolecular Hbond substituents is 2. The van der Waals surface area contributed by atoms with Gasteiger partial charge in [-0.05, 0) is 36.8 Å². The number of ether oxygens (including phenoxy) is 2. The summed E-state index contributed by atoms with van der Waals surface area (Å²) in [4.78, 5) is 0. The first kappa shape index (κ1) is 14.7. The van der Waals surface area contributed by atoms with Gasteiger partial charge in [0.15, 0.2) is 23.0 Å². The van der Waals surface area contributed by atoms with Crippen molar-refractivity contribution in [3.63, 3.8) is 0 Å². The van der Waals surface area contributed by atoms with E-state index < -0.39 is 0 Å². The quantitative estimate of drug-likeness (QED) is 0.816. The molecule has 2 rings (SSSR count). The molecule has 0 radical (unpaired) electrons. The molecule has 0 aliphatic carbocycles.